The molecule has 106 valence electrons. The molecule has 1 saturated heterocycles. The van der Waals surface area contributed by atoms with Gasteiger partial charge in [-0.25, -0.2) is 9.18 Å². The predicted octanol–water partition coefficient (Wildman–Crippen LogP) is 2.61. The topological polar surface area (TPSA) is 55.8 Å². The normalized spacial score (nSPS) is 21.5. The van der Waals surface area contributed by atoms with E-state index in [1.54, 1.807) is 0 Å². The van der Waals surface area contributed by atoms with Crippen LogP contribution in [0.3, 0.4) is 0 Å². The third-order valence-electron chi connectivity index (χ3n) is 2.64. The van der Waals surface area contributed by atoms with Crippen molar-refractivity contribution in [3.05, 3.63) is 29.8 Å². The molecule has 0 bridgehead atoms. The van der Waals surface area contributed by atoms with E-state index < -0.39 is 23.7 Å². The van der Waals surface area contributed by atoms with Crippen LogP contribution in [0, 0.1) is 11.6 Å². The fourth-order valence-corrected chi connectivity index (χ4v) is 1.63. The molecule has 4 nitrogen and oxygen atoms in total. The Bertz CT molecular complexity index is 437. The first-order valence-corrected chi connectivity index (χ1v) is 5.82. The first-order valence-electron chi connectivity index (χ1n) is 5.82. The van der Waals surface area contributed by atoms with E-state index in [-0.39, 0.29) is 11.9 Å². The molecule has 1 aliphatic heterocycles. The minimum Gasteiger partial charge on any atom is -0.494 e. The number of carbonyl (C=O) groups is 1. The Morgan fingerprint density at radius 3 is 2.47 bits per heavy atom. The highest BCUT2D eigenvalue weighted by Gasteiger charge is 2.27. The van der Waals surface area contributed by atoms with Crippen LogP contribution in [-0.4, -0.2) is 30.4 Å². The van der Waals surface area contributed by atoms with Crippen LogP contribution in [-0.2, 0) is 9.53 Å². The lowest BCUT2D eigenvalue weighted by molar-refractivity contribution is -0.149. The smallest absolute Gasteiger partial charge is 0.332 e. The van der Waals surface area contributed by atoms with Gasteiger partial charge in [0.15, 0.2) is 17.7 Å². The lowest BCUT2D eigenvalue weighted by atomic mass is 10.2. The molecule has 2 rings (SSSR count). The zero-order valence-corrected chi connectivity index (χ0v) is 10.7. The molecule has 0 aliphatic carbocycles. The van der Waals surface area contributed by atoms with Crippen molar-refractivity contribution in [1.29, 1.82) is 0 Å². The third kappa shape index (κ3) is 4.48. The molecular weight excluding hydrogens is 258 g/mol. The van der Waals surface area contributed by atoms with Crippen LogP contribution >= 0.6 is 0 Å². The fourth-order valence-electron chi connectivity index (χ4n) is 1.63. The van der Waals surface area contributed by atoms with Crippen molar-refractivity contribution in [2.24, 2.45) is 0 Å². The van der Waals surface area contributed by atoms with E-state index in [4.69, 9.17) is 9.84 Å². The molecule has 2 atom stereocenters. The summed E-state index contributed by atoms with van der Waals surface area (Å²) in [5.41, 5.74) is 0. The van der Waals surface area contributed by atoms with Gasteiger partial charge in [0, 0.05) is 0 Å². The van der Waals surface area contributed by atoms with Crippen molar-refractivity contribution in [2.45, 2.75) is 32.0 Å². The van der Waals surface area contributed by atoms with Gasteiger partial charge in [0.2, 0.25) is 5.82 Å². The number of rotatable bonds is 2. The number of halogens is 2. The number of carboxylic acid groups (broad SMARTS) is 1. The average molecular weight is 274 g/mol. The van der Waals surface area contributed by atoms with Crippen LogP contribution in [0.5, 0.6) is 5.75 Å². The molecule has 6 heteroatoms. The minimum atomic E-state index is -0.940. The number of benzene rings is 1. The zero-order valence-electron chi connectivity index (χ0n) is 10.7. The molecule has 0 amide bonds. The van der Waals surface area contributed by atoms with Crippen molar-refractivity contribution in [2.75, 3.05) is 7.11 Å². The molecule has 2 unspecified atom stereocenters. The van der Waals surface area contributed by atoms with Crippen molar-refractivity contribution in [3.63, 3.8) is 0 Å². The molecule has 1 aromatic rings. The fraction of sp³-hybridized carbons (Fsp3) is 0.462. The molecular formula is C13H16F2O4. The second kappa shape index (κ2) is 7.04. The molecule has 1 aliphatic rings. The van der Waals surface area contributed by atoms with E-state index in [0.717, 1.165) is 12.5 Å². The van der Waals surface area contributed by atoms with E-state index >= 15 is 0 Å². The predicted molar refractivity (Wildman–Crippen MR) is 64.1 cm³/mol. The van der Waals surface area contributed by atoms with Crippen LogP contribution in [0.4, 0.5) is 8.78 Å². The van der Waals surface area contributed by atoms with Gasteiger partial charge in [0.1, 0.15) is 0 Å². The van der Waals surface area contributed by atoms with Gasteiger partial charge in [-0.1, -0.05) is 6.07 Å². The SMILES string of the molecule is CC1CCC(C(=O)O)O1.COc1cccc(F)c1F. The highest BCUT2D eigenvalue weighted by molar-refractivity contribution is 5.72. The van der Waals surface area contributed by atoms with Crippen LogP contribution in [0.2, 0.25) is 0 Å². The van der Waals surface area contributed by atoms with Gasteiger partial charge in [-0.3, -0.25) is 0 Å². The van der Waals surface area contributed by atoms with E-state index in [0.29, 0.717) is 6.42 Å². The summed E-state index contributed by atoms with van der Waals surface area (Å²) < 4.78 is 34.3. The van der Waals surface area contributed by atoms with Crippen LogP contribution < -0.4 is 4.74 Å². The Morgan fingerprint density at radius 1 is 1.42 bits per heavy atom. The van der Waals surface area contributed by atoms with Gasteiger partial charge in [0.05, 0.1) is 13.2 Å². The molecule has 0 spiro atoms. The lowest BCUT2D eigenvalue weighted by Crippen LogP contribution is -2.19. The van der Waals surface area contributed by atoms with Crippen molar-refractivity contribution in [3.8, 4) is 5.75 Å². The van der Waals surface area contributed by atoms with Crippen molar-refractivity contribution >= 4 is 5.97 Å². The Balaban J connectivity index is 0.000000191. The van der Waals surface area contributed by atoms with Crippen molar-refractivity contribution in [1.82, 2.24) is 0 Å². The van der Waals surface area contributed by atoms with Gasteiger partial charge in [0.25, 0.3) is 0 Å². The summed E-state index contributed by atoms with van der Waals surface area (Å²) in [6.45, 7) is 1.89. The molecule has 19 heavy (non-hydrogen) atoms. The molecule has 0 saturated carbocycles. The van der Waals surface area contributed by atoms with E-state index in [9.17, 15) is 13.6 Å². The Hall–Kier alpha value is -1.69. The highest BCUT2D eigenvalue weighted by atomic mass is 19.2. The molecule has 1 heterocycles. The summed E-state index contributed by atoms with van der Waals surface area (Å²) in [7, 11) is 1.29. The second-order valence-corrected chi connectivity index (χ2v) is 4.11. The van der Waals surface area contributed by atoms with Gasteiger partial charge >= 0.3 is 5.97 Å². The first kappa shape index (κ1) is 15.4. The Morgan fingerprint density at radius 2 is 2.11 bits per heavy atom. The standard InChI is InChI=1S/C7H6F2O.C6H10O3/c1-10-6-4-2-3-5(8)7(6)9;1-4-2-3-5(9-4)6(7)8/h2-4H,1H3;4-5H,2-3H2,1H3,(H,7,8). The lowest BCUT2D eigenvalue weighted by Gasteiger charge is -2.03. The maximum Gasteiger partial charge on any atom is 0.332 e. The van der Waals surface area contributed by atoms with Gasteiger partial charge < -0.3 is 14.6 Å². The van der Waals surface area contributed by atoms with Crippen LogP contribution in [0.25, 0.3) is 0 Å². The van der Waals surface area contributed by atoms with Crippen LogP contribution in [0.1, 0.15) is 19.8 Å². The third-order valence-corrected chi connectivity index (χ3v) is 2.64. The van der Waals surface area contributed by atoms with E-state index in [1.165, 1.54) is 19.2 Å². The maximum atomic E-state index is 12.5. The minimum absolute atomic E-state index is 0.0694. The van der Waals surface area contributed by atoms with E-state index in [2.05, 4.69) is 4.74 Å². The quantitative estimate of drug-likeness (QED) is 0.900. The number of aliphatic carboxylic acids is 1. The first-order chi connectivity index (χ1) is 8.95. The Kier molecular flexibility index (Phi) is 5.69. The number of methoxy groups -OCH3 is 1. The summed E-state index contributed by atoms with van der Waals surface area (Å²) in [5.74, 6) is -2.73. The number of hydrogen-bond donors (Lipinski definition) is 1. The number of carboxylic acids is 1. The average Bonchev–Trinajstić information content (AvgIpc) is 2.80. The van der Waals surface area contributed by atoms with Gasteiger partial charge in [-0.2, -0.15) is 4.39 Å². The number of hydrogen-bond acceptors (Lipinski definition) is 3. The summed E-state index contributed by atoms with van der Waals surface area (Å²) in [6, 6.07) is 3.79. The monoisotopic (exact) mass is 274 g/mol. The largest absolute Gasteiger partial charge is 0.494 e. The molecule has 1 fully saturated rings. The summed E-state index contributed by atoms with van der Waals surface area (Å²) in [5, 5.41) is 8.41. The number of ether oxygens (including phenoxy) is 2. The maximum absolute atomic E-state index is 12.5. The molecule has 0 radical (unpaired) electrons. The van der Waals surface area contributed by atoms with Gasteiger partial charge in [-0.05, 0) is 31.9 Å². The summed E-state index contributed by atoms with van der Waals surface area (Å²) in [6.07, 6.45) is 1.12. The van der Waals surface area contributed by atoms with Crippen molar-refractivity contribution < 1.29 is 28.2 Å². The molecule has 1 N–H and O–H groups in total. The van der Waals surface area contributed by atoms with E-state index in [1.807, 2.05) is 6.92 Å². The molecule has 1 aromatic carbocycles. The summed E-state index contributed by atoms with van der Waals surface area (Å²) in [4.78, 5) is 10.2. The van der Waals surface area contributed by atoms with Crippen LogP contribution in [0.15, 0.2) is 18.2 Å². The second-order valence-electron chi connectivity index (χ2n) is 4.11. The van der Waals surface area contributed by atoms with Gasteiger partial charge in [-0.15, -0.1) is 0 Å². The highest BCUT2D eigenvalue weighted by Crippen LogP contribution is 2.18. The summed E-state index contributed by atoms with van der Waals surface area (Å²) >= 11 is 0. The Labute approximate surface area is 109 Å². The molecule has 0 aromatic heterocycles. The zero-order chi connectivity index (χ0) is 14.4.